The standard InChI is InChI=1S/C6H13NO3/c8-3-1-7(2-4-9)6-5-10-6/h6,8-9H,1-5H2. The zero-order chi connectivity index (χ0) is 7.40. The molecule has 1 heterocycles. The fraction of sp³-hybridized carbons (Fsp3) is 1.00. The summed E-state index contributed by atoms with van der Waals surface area (Å²) in [6, 6.07) is 0. The van der Waals surface area contributed by atoms with Crippen LogP contribution < -0.4 is 0 Å². The third kappa shape index (κ3) is 2.22. The van der Waals surface area contributed by atoms with E-state index in [1.807, 2.05) is 4.90 Å². The fourth-order valence-corrected chi connectivity index (χ4v) is 0.911. The van der Waals surface area contributed by atoms with Gasteiger partial charge in [-0.25, -0.2) is 0 Å². The molecule has 0 aromatic rings. The second kappa shape index (κ2) is 3.88. The number of hydrogen-bond acceptors (Lipinski definition) is 4. The van der Waals surface area contributed by atoms with Crippen LogP contribution in [0.5, 0.6) is 0 Å². The van der Waals surface area contributed by atoms with Crippen molar-refractivity contribution in [2.24, 2.45) is 0 Å². The van der Waals surface area contributed by atoms with Gasteiger partial charge in [0.2, 0.25) is 0 Å². The Bertz CT molecular complexity index is 89.0. The molecule has 60 valence electrons. The fourth-order valence-electron chi connectivity index (χ4n) is 0.911. The third-order valence-corrected chi connectivity index (χ3v) is 1.50. The maximum absolute atomic E-state index is 8.56. The van der Waals surface area contributed by atoms with Gasteiger partial charge in [-0.1, -0.05) is 0 Å². The highest BCUT2D eigenvalue weighted by molar-refractivity contribution is 4.71. The highest BCUT2D eigenvalue weighted by Crippen LogP contribution is 2.13. The predicted molar refractivity (Wildman–Crippen MR) is 35.5 cm³/mol. The van der Waals surface area contributed by atoms with Gasteiger partial charge in [0.15, 0.2) is 0 Å². The summed E-state index contributed by atoms with van der Waals surface area (Å²) in [4.78, 5) is 1.92. The Kier molecular flexibility index (Phi) is 3.08. The molecule has 4 heteroatoms. The highest BCUT2D eigenvalue weighted by atomic mass is 16.6. The second-order valence-electron chi connectivity index (χ2n) is 2.27. The van der Waals surface area contributed by atoms with Gasteiger partial charge in [0.05, 0.1) is 19.8 Å². The molecule has 1 unspecified atom stereocenters. The normalized spacial score (nSPS) is 23.7. The molecule has 10 heavy (non-hydrogen) atoms. The largest absolute Gasteiger partial charge is 0.395 e. The van der Waals surface area contributed by atoms with Crippen LogP contribution in [0.1, 0.15) is 0 Å². The number of aliphatic hydroxyl groups is 2. The summed E-state index contributed by atoms with van der Waals surface area (Å²) in [5.74, 6) is 0. The summed E-state index contributed by atoms with van der Waals surface area (Å²) < 4.78 is 4.98. The van der Waals surface area contributed by atoms with Crippen molar-refractivity contribution in [2.45, 2.75) is 6.23 Å². The number of nitrogens with zero attached hydrogens (tertiary/aromatic N) is 1. The molecule has 4 nitrogen and oxygen atoms in total. The molecule has 2 N–H and O–H groups in total. The van der Waals surface area contributed by atoms with Gasteiger partial charge in [-0.2, -0.15) is 0 Å². The van der Waals surface area contributed by atoms with Gasteiger partial charge in [-0.05, 0) is 0 Å². The Morgan fingerprint density at radius 3 is 2.10 bits per heavy atom. The van der Waals surface area contributed by atoms with E-state index in [4.69, 9.17) is 14.9 Å². The lowest BCUT2D eigenvalue weighted by molar-refractivity contribution is 0.115. The molecule has 0 radical (unpaired) electrons. The van der Waals surface area contributed by atoms with Gasteiger partial charge in [0, 0.05) is 13.1 Å². The van der Waals surface area contributed by atoms with Crippen molar-refractivity contribution in [3.63, 3.8) is 0 Å². The van der Waals surface area contributed by atoms with Crippen LogP contribution >= 0.6 is 0 Å². The van der Waals surface area contributed by atoms with E-state index in [-0.39, 0.29) is 19.4 Å². The molecule has 0 spiro atoms. The van der Waals surface area contributed by atoms with Crippen LogP contribution in [-0.2, 0) is 4.74 Å². The van der Waals surface area contributed by atoms with Crippen LogP contribution in [-0.4, -0.2) is 54.3 Å². The topological polar surface area (TPSA) is 56.2 Å². The van der Waals surface area contributed by atoms with Gasteiger partial charge in [-0.15, -0.1) is 0 Å². The van der Waals surface area contributed by atoms with Crippen LogP contribution in [0.4, 0.5) is 0 Å². The first-order chi connectivity index (χ1) is 4.88. The molecule has 1 rings (SSSR count). The summed E-state index contributed by atoms with van der Waals surface area (Å²) in [7, 11) is 0. The lowest BCUT2D eigenvalue weighted by Gasteiger charge is -2.16. The Balaban J connectivity index is 2.13. The Labute approximate surface area is 60.0 Å². The molecule has 1 fully saturated rings. The Hall–Kier alpha value is -0.160. The van der Waals surface area contributed by atoms with Gasteiger partial charge in [0.25, 0.3) is 0 Å². The zero-order valence-corrected chi connectivity index (χ0v) is 5.86. The van der Waals surface area contributed by atoms with Crippen molar-refractivity contribution in [2.75, 3.05) is 32.9 Å². The van der Waals surface area contributed by atoms with E-state index in [0.29, 0.717) is 13.1 Å². The van der Waals surface area contributed by atoms with E-state index < -0.39 is 0 Å². The van der Waals surface area contributed by atoms with Gasteiger partial charge < -0.3 is 14.9 Å². The molecule has 0 amide bonds. The number of epoxide rings is 1. The molecule has 1 atom stereocenters. The van der Waals surface area contributed by atoms with Crippen LogP contribution in [0.25, 0.3) is 0 Å². The minimum atomic E-state index is 0.125. The molecule has 1 saturated heterocycles. The van der Waals surface area contributed by atoms with E-state index in [1.165, 1.54) is 0 Å². The van der Waals surface area contributed by atoms with Crippen molar-refractivity contribution in [3.05, 3.63) is 0 Å². The molecule has 1 aliphatic heterocycles. The van der Waals surface area contributed by atoms with Crippen molar-refractivity contribution < 1.29 is 14.9 Å². The molecule has 0 saturated carbocycles. The Morgan fingerprint density at radius 2 is 1.80 bits per heavy atom. The van der Waals surface area contributed by atoms with Crippen LogP contribution in [0.15, 0.2) is 0 Å². The lowest BCUT2D eigenvalue weighted by Crippen LogP contribution is -2.32. The molecular formula is C6H13NO3. The molecule has 0 aromatic heterocycles. The monoisotopic (exact) mass is 147 g/mol. The third-order valence-electron chi connectivity index (χ3n) is 1.50. The SMILES string of the molecule is OCCN(CCO)C1CO1. The van der Waals surface area contributed by atoms with Crippen molar-refractivity contribution >= 4 is 0 Å². The number of hydrogen-bond donors (Lipinski definition) is 2. The van der Waals surface area contributed by atoms with Gasteiger partial charge in [0.1, 0.15) is 6.23 Å². The molecular weight excluding hydrogens is 134 g/mol. The average molecular weight is 147 g/mol. The average Bonchev–Trinajstić information content (AvgIpc) is 2.69. The molecule has 1 aliphatic rings. The van der Waals surface area contributed by atoms with E-state index in [2.05, 4.69) is 0 Å². The van der Waals surface area contributed by atoms with Gasteiger partial charge in [-0.3, -0.25) is 4.90 Å². The number of aliphatic hydroxyl groups excluding tert-OH is 2. The molecule has 0 bridgehead atoms. The van der Waals surface area contributed by atoms with E-state index in [1.54, 1.807) is 0 Å². The maximum atomic E-state index is 8.56. The van der Waals surface area contributed by atoms with Crippen molar-refractivity contribution in [1.82, 2.24) is 4.90 Å². The van der Waals surface area contributed by atoms with Crippen LogP contribution in [0.3, 0.4) is 0 Å². The van der Waals surface area contributed by atoms with Crippen molar-refractivity contribution in [3.8, 4) is 0 Å². The first-order valence-electron chi connectivity index (χ1n) is 3.46. The summed E-state index contributed by atoms with van der Waals surface area (Å²) in [5.41, 5.74) is 0. The minimum Gasteiger partial charge on any atom is -0.395 e. The van der Waals surface area contributed by atoms with Crippen molar-refractivity contribution in [1.29, 1.82) is 0 Å². The van der Waals surface area contributed by atoms with E-state index >= 15 is 0 Å². The highest BCUT2D eigenvalue weighted by Gasteiger charge is 2.29. The van der Waals surface area contributed by atoms with Crippen LogP contribution in [0, 0.1) is 0 Å². The minimum absolute atomic E-state index is 0.125. The molecule has 0 aliphatic carbocycles. The summed E-state index contributed by atoms with van der Waals surface area (Å²) in [5, 5.41) is 17.1. The molecule has 0 aromatic carbocycles. The van der Waals surface area contributed by atoms with Gasteiger partial charge >= 0.3 is 0 Å². The number of ether oxygens (including phenoxy) is 1. The second-order valence-corrected chi connectivity index (χ2v) is 2.27. The smallest absolute Gasteiger partial charge is 0.134 e. The van der Waals surface area contributed by atoms with E-state index in [0.717, 1.165) is 6.61 Å². The lowest BCUT2D eigenvalue weighted by atomic mass is 10.5. The van der Waals surface area contributed by atoms with Crippen LogP contribution in [0.2, 0.25) is 0 Å². The first-order valence-corrected chi connectivity index (χ1v) is 3.46. The van der Waals surface area contributed by atoms with E-state index in [9.17, 15) is 0 Å². The summed E-state index contributed by atoms with van der Waals surface area (Å²) in [6.07, 6.45) is 0.152. The zero-order valence-electron chi connectivity index (χ0n) is 5.86. The quantitative estimate of drug-likeness (QED) is 0.471. The maximum Gasteiger partial charge on any atom is 0.134 e. The Morgan fingerprint density at radius 1 is 1.30 bits per heavy atom. The summed E-state index contributed by atoms with van der Waals surface area (Å²) >= 11 is 0. The first kappa shape index (κ1) is 7.94. The predicted octanol–water partition coefficient (Wildman–Crippen LogP) is -1.37. The summed E-state index contributed by atoms with van der Waals surface area (Å²) in [6.45, 7) is 2.16. The number of rotatable bonds is 5.